The van der Waals surface area contributed by atoms with Crippen LogP contribution in [0.3, 0.4) is 0 Å². The number of allylic oxidation sites excluding steroid dienone is 2. The maximum absolute atomic E-state index is 12.7. The predicted octanol–water partition coefficient (Wildman–Crippen LogP) is 17.1. The van der Waals surface area contributed by atoms with Crippen molar-refractivity contribution in [1.29, 1.82) is 0 Å². The van der Waals surface area contributed by atoms with Gasteiger partial charge in [-0.25, -0.2) is 0 Å². The zero-order valence-electron chi connectivity index (χ0n) is 42.0. The summed E-state index contributed by atoms with van der Waals surface area (Å²) < 4.78 is 12.8. The molecule has 1 saturated carbocycles. The first-order valence-electron chi connectivity index (χ1n) is 27.1. The van der Waals surface area contributed by atoms with Gasteiger partial charge < -0.3 is 19.7 Å². The molecule has 5 nitrogen and oxygen atoms in total. The fourth-order valence-corrected chi connectivity index (χ4v) is 8.91. The van der Waals surface area contributed by atoms with Crippen molar-refractivity contribution in [1.82, 2.24) is 10.2 Å². The van der Waals surface area contributed by atoms with Crippen molar-refractivity contribution >= 4 is 5.91 Å². The molecule has 1 aliphatic rings. The van der Waals surface area contributed by atoms with Gasteiger partial charge in [0.2, 0.25) is 5.91 Å². The molecule has 0 aliphatic heterocycles. The zero-order chi connectivity index (χ0) is 45.2. The first kappa shape index (κ1) is 57.8. The Hall–Kier alpha value is -2.19. The topological polar surface area (TPSA) is 50.8 Å². The van der Waals surface area contributed by atoms with Crippen LogP contribution in [0, 0.1) is 11.3 Å². The second kappa shape index (κ2) is 41.5. The monoisotopic (exact) mass is 865 g/mol. The van der Waals surface area contributed by atoms with Gasteiger partial charge in [0.05, 0.1) is 18.1 Å². The number of carbonyl (C=O) groups excluding carboxylic acids is 1. The highest BCUT2D eigenvalue weighted by atomic mass is 16.5. The number of hydrogen-bond donors (Lipinski definition) is 1. The van der Waals surface area contributed by atoms with Gasteiger partial charge in [-0.1, -0.05) is 200 Å². The van der Waals surface area contributed by atoms with Gasteiger partial charge >= 0.3 is 0 Å². The van der Waals surface area contributed by atoms with E-state index in [0.717, 1.165) is 102 Å². The summed E-state index contributed by atoms with van der Waals surface area (Å²) in [7, 11) is 0. The van der Waals surface area contributed by atoms with Crippen LogP contribution in [0.2, 0.25) is 0 Å². The minimum Gasteiger partial charge on any atom is -0.490 e. The van der Waals surface area contributed by atoms with Crippen molar-refractivity contribution in [2.45, 2.75) is 265 Å². The number of ether oxygens (including phenoxy) is 2. The molecule has 1 rings (SSSR count). The summed E-state index contributed by atoms with van der Waals surface area (Å²) in [5.74, 6) is 2.93. The summed E-state index contributed by atoms with van der Waals surface area (Å²) >= 11 is 0. The number of hydrogen-bond acceptors (Lipinski definition) is 4. The van der Waals surface area contributed by atoms with Crippen molar-refractivity contribution in [3.63, 3.8) is 0 Å². The number of nitrogens with zero attached hydrogens (tertiary/aromatic N) is 1. The van der Waals surface area contributed by atoms with Crippen LogP contribution in [-0.4, -0.2) is 49.7 Å². The van der Waals surface area contributed by atoms with Crippen LogP contribution in [0.25, 0.3) is 0 Å². The second-order valence-corrected chi connectivity index (χ2v) is 19.2. The molecule has 0 spiro atoms. The van der Waals surface area contributed by atoms with Crippen molar-refractivity contribution in [3.05, 3.63) is 48.8 Å². The van der Waals surface area contributed by atoms with E-state index in [-0.39, 0.29) is 11.3 Å². The Morgan fingerprint density at radius 1 is 0.581 bits per heavy atom. The average Bonchev–Trinajstić information content (AvgIpc) is 4.10. The third kappa shape index (κ3) is 31.6. The molecular weight excluding hydrogens is 761 g/mol. The highest BCUT2D eigenvalue weighted by Gasteiger charge is 2.46. The highest BCUT2D eigenvalue weighted by molar-refractivity contribution is 5.87. The van der Waals surface area contributed by atoms with E-state index in [2.05, 4.69) is 69.1 Å². The quantitative estimate of drug-likeness (QED) is 0.0287. The molecule has 1 fully saturated rings. The van der Waals surface area contributed by atoms with Crippen molar-refractivity contribution in [2.75, 3.05) is 32.8 Å². The van der Waals surface area contributed by atoms with Gasteiger partial charge in [0, 0.05) is 19.4 Å². The zero-order valence-corrected chi connectivity index (χ0v) is 42.0. The minimum absolute atomic E-state index is 0.174. The maximum Gasteiger partial charge on any atom is 0.230 e. The van der Waals surface area contributed by atoms with Gasteiger partial charge in [-0.05, 0) is 103 Å². The fourth-order valence-electron chi connectivity index (χ4n) is 8.91. The normalized spacial score (nSPS) is 13.0. The van der Waals surface area contributed by atoms with Gasteiger partial charge in [0.25, 0.3) is 0 Å². The fraction of sp³-hybridized carbons (Fsp3) is 0.842. The number of unbranched alkanes of at least 4 members (excludes halogenated alkanes) is 20. The van der Waals surface area contributed by atoms with Crippen LogP contribution in [0.1, 0.15) is 259 Å². The second-order valence-electron chi connectivity index (χ2n) is 19.2. The number of rotatable bonds is 48. The van der Waals surface area contributed by atoms with Crippen LogP contribution >= 0.6 is 0 Å². The van der Waals surface area contributed by atoms with E-state index in [1.54, 1.807) is 0 Å². The smallest absolute Gasteiger partial charge is 0.230 e. The lowest BCUT2D eigenvalue weighted by Crippen LogP contribution is -2.34. The van der Waals surface area contributed by atoms with E-state index in [1.165, 1.54) is 180 Å². The predicted molar refractivity (Wildman–Crippen MR) is 271 cm³/mol. The van der Waals surface area contributed by atoms with Crippen LogP contribution in [0.4, 0.5) is 0 Å². The maximum atomic E-state index is 12.7. The lowest BCUT2D eigenvalue weighted by Gasteiger charge is -2.23. The summed E-state index contributed by atoms with van der Waals surface area (Å²) in [5, 5.41) is 3.20. The molecule has 0 saturated heterocycles. The van der Waals surface area contributed by atoms with Crippen LogP contribution in [-0.2, 0) is 14.3 Å². The molecule has 1 N–H and O–H groups in total. The van der Waals surface area contributed by atoms with Crippen molar-refractivity contribution in [2.24, 2.45) is 11.3 Å². The van der Waals surface area contributed by atoms with Gasteiger partial charge in [-0.3, -0.25) is 4.79 Å². The average molecular weight is 865 g/mol. The summed E-state index contributed by atoms with van der Waals surface area (Å²) in [6.07, 6.45) is 46.7. The summed E-state index contributed by atoms with van der Waals surface area (Å²) in [6.45, 7) is 26.0. The third-order valence-corrected chi connectivity index (χ3v) is 13.5. The molecular formula is C57H104N2O3. The largest absolute Gasteiger partial charge is 0.490 e. The Kier molecular flexibility index (Phi) is 38.7. The Morgan fingerprint density at radius 2 is 1.03 bits per heavy atom. The highest BCUT2D eigenvalue weighted by Crippen LogP contribution is 2.46. The van der Waals surface area contributed by atoms with Gasteiger partial charge in [-0.2, -0.15) is 0 Å². The Morgan fingerprint density at radius 3 is 1.52 bits per heavy atom. The SMILES string of the molecule is C=C=C(CCCCCCCN(CCCCCCCC(=C=C)OC(CCCCCCCC)CCCCCCCC)CCCNC(=O)C1(C=C)CC1)OCCC(CCCC)CCCC. The van der Waals surface area contributed by atoms with Crippen LogP contribution in [0.15, 0.2) is 48.8 Å². The van der Waals surface area contributed by atoms with Gasteiger partial charge in [0.15, 0.2) is 0 Å². The summed E-state index contributed by atoms with van der Waals surface area (Å²) in [4.78, 5) is 15.3. The first-order chi connectivity index (χ1) is 30.4. The molecule has 0 aromatic carbocycles. The molecule has 1 amide bonds. The van der Waals surface area contributed by atoms with Crippen molar-refractivity contribution in [3.8, 4) is 0 Å². The van der Waals surface area contributed by atoms with Gasteiger partial charge in [0.1, 0.15) is 11.5 Å². The molecule has 0 radical (unpaired) electrons. The first-order valence-corrected chi connectivity index (χ1v) is 27.1. The number of amides is 1. The standard InChI is InChI=1S/C57H104N2O3/c1-8-15-19-21-25-33-42-55(43-34-26-22-20-16-9-2)62-54(13-6)41-32-28-24-30-36-49-59(50-37-47-58-56(60)57(14-7)45-46-57)48-35-29-23-27-31-40-53(12-5)61-51-44-52(38-17-10-3)39-18-11-4/h14,52,55H,5-11,15-51H2,1-4H3,(H,58,60). The van der Waals surface area contributed by atoms with E-state index in [4.69, 9.17) is 9.47 Å². The molecule has 0 bridgehead atoms. The Labute approximate surface area is 386 Å². The third-order valence-electron chi connectivity index (χ3n) is 13.5. The van der Waals surface area contributed by atoms with E-state index >= 15 is 0 Å². The molecule has 0 aromatic heterocycles. The molecule has 62 heavy (non-hydrogen) atoms. The molecule has 0 atom stereocenters. The summed E-state index contributed by atoms with van der Waals surface area (Å²) in [6, 6.07) is 0. The van der Waals surface area contributed by atoms with Gasteiger partial charge in [-0.15, -0.1) is 6.58 Å². The number of carbonyl (C=O) groups is 1. The van der Waals surface area contributed by atoms with E-state index in [9.17, 15) is 4.79 Å². The minimum atomic E-state index is -0.281. The molecule has 360 valence electrons. The summed E-state index contributed by atoms with van der Waals surface area (Å²) in [5.41, 5.74) is 6.00. The van der Waals surface area contributed by atoms with Crippen molar-refractivity contribution < 1.29 is 14.3 Å². The molecule has 0 aromatic rings. The molecule has 0 unspecified atom stereocenters. The van der Waals surface area contributed by atoms with E-state index in [1.807, 2.05) is 6.08 Å². The Bertz CT molecular complexity index is 1140. The van der Waals surface area contributed by atoms with E-state index < -0.39 is 0 Å². The lowest BCUT2D eigenvalue weighted by molar-refractivity contribution is -0.124. The lowest BCUT2D eigenvalue weighted by atomic mass is 9.93. The number of nitrogens with one attached hydrogen (secondary N) is 1. The Balaban J connectivity index is 2.45. The molecule has 5 heteroatoms. The van der Waals surface area contributed by atoms with Crippen LogP contribution in [0.5, 0.6) is 0 Å². The molecule has 1 aliphatic carbocycles. The van der Waals surface area contributed by atoms with Crippen LogP contribution < -0.4 is 5.32 Å². The van der Waals surface area contributed by atoms with E-state index in [0.29, 0.717) is 6.10 Å². The molecule has 0 heterocycles.